The lowest BCUT2D eigenvalue weighted by Gasteiger charge is -2.24. The Morgan fingerprint density at radius 2 is 1.52 bits per heavy atom. The van der Waals surface area contributed by atoms with E-state index in [4.69, 9.17) is 9.47 Å². The van der Waals surface area contributed by atoms with Gasteiger partial charge in [-0.25, -0.2) is 0 Å². The maximum Gasteiger partial charge on any atom is 0.143 e. The van der Waals surface area contributed by atoms with Crippen LogP contribution in [0.15, 0.2) is 61.2 Å². The van der Waals surface area contributed by atoms with Crippen molar-refractivity contribution in [3.05, 3.63) is 72.3 Å². The van der Waals surface area contributed by atoms with Gasteiger partial charge >= 0.3 is 0 Å². The van der Waals surface area contributed by atoms with Crippen molar-refractivity contribution in [2.75, 3.05) is 31.2 Å². The largest absolute Gasteiger partial charge is 0.494 e. The molecule has 2 rings (SSSR count). The van der Waals surface area contributed by atoms with Gasteiger partial charge in [0.25, 0.3) is 0 Å². The first-order valence-corrected chi connectivity index (χ1v) is 9.76. The van der Waals surface area contributed by atoms with Crippen molar-refractivity contribution < 1.29 is 9.47 Å². The third-order valence-electron chi connectivity index (χ3n) is 4.44. The second-order valence-electron chi connectivity index (χ2n) is 6.06. The molecule has 3 heteroatoms. The van der Waals surface area contributed by atoms with Gasteiger partial charge in [0.1, 0.15) is 11.5 Å². The van der Waals surface area contributed by atoms with Crippen molar-refractivity contribution in [2.24, 2.45) is 0 Å². The molecule has 0 heterocycles. The van der Waals surface area contributed by atoms with Crippen LogP contribution in [0, 0.1) is 0 Å². The fourth-order valence-electron chi connectivity index (χ4n) is 3.15. The van der Waals surface area contributed by atoms with Crippen molar-refractivity contribution in [3.8, 4) is 11.5 Å². The summed E-state index contributed by atoms with van der Waals surface area (Å²) in [5.74, 6) is 1.80. The van der Waals surface area contributed by atoms with Gasteiger partial charge in [-0.2, -0.15) is 0 Å². The van der Waals surface area contributed by atoms with E-state index in [2.05, 4.69) is 55.7 Å². The smallest absolute Gasteiger partial charge is 0.143 e. The Kier molecular flexibility index (Phi) is 8.00. The number of ether oxygens (including phenoxy) is 2. The SMILES string of the molecule is C=CC=C(c1ccc(OCC)cc1)c1ccc(N(CC)CC)c(OCC)c1. The molecule has 0 unspecified atom stereocenters. The van der Waals surface area contributed by atoms with E-state index < -0.39 is 0 Å². The number of anilines is 1. The monoisotopic (exact) mass is 365 g/mol. The number of hydrogen-bond acceptors (Lipinski definition) is 3. The molecule has 0 aromatic heterocycles. The third kappa shape index (κ3) is 5.16. The van der Waals surface area contributed by atoms with Crippen molar-refractivity contribution >= 4 is 11.3 Å². The molecule has 2 aromatic carbocycles. The van der Waals surface area contributed by atoms with Crippen molar-refractivity contribution in [1.29, 1.82) is 0 Å². The second-order valence-corrected chi connectivity index (χ2v) is 6.06. The quantitative estimate of drug-likeness (QED) is 0.486. The van der Waals surface area contributed by atoms with Crippen molar-refractivity contribution in [2.45, 2.75) is 27.7 Å². The fraction of sp³-hybridized carbons (Fsp3) is 0.333. The second kappa shape index (κ2) is 10.5. The molecule has 0 aliphatic carbocycles. The van der Waals surface area contributed by atoms with E-state index in [0.717, 1.165) is 47.0 Å². The Labute approximate surface area is 163 Å². The molecule has 0 amide bonds. The normalized spacial score (nSPS) is 11.2. The van der Waals surface area contributed by atoms with Gasteiger partial charge in [0.15, 0.2) is 0 Å². The first kappa shape index (κ1) is 20.6. The molecule has 0 aliphatic rings. The summed E-state index contributed by atoms with van der Waals surface area (Å²) in [5, 5.41) is 0. The predicted molar refractivity (Wildman–Crippen MR) is 116 cm³/mol. The van der Waals surface area contributed by atoms with Gasteiger partial charge < -0.3 is 14.4 Å². The molecule has 0 aliphatic heterocycles. The summed E-state index contributed by atoms with van der Waals surface area (Å²) < 4.78 is 11.5. The van der Waals surface area contributed by atoms with Gasteiger partial charge in [-0.1, -0.05) is 36.9 Å². The van der Waals surface area contributed by atoms with Crippen LogP contribution < -0.4 is 14.4 Å². The molecule has 0 saturated carbocycles. The molecule has 0 radical (unpaired) electrons. The number of allylic oxidation sites excluding steroid dienone is 2. The molecule has 0 spiro atoms. The van der Waals surface area contributed by atoms with Gasteiger partial charge in [0, 0.05) is 13.1 Å². The highest BCUT2D eigenvalue weighted by atomic mass is 16.5. The van der Waals surface area contributed by atoms with Gasteiger partial charge in [-0.3, -0.25) is 0 Å². The Bertz CT molecular complexity index is 758. The molecule has 0 N–H and O–H groups in total. The van der Waals surface area contributed by atoms with Crippen LogP contribution >= 0.6 is 0 Å². The Morgan fingerprint density at radius 3 is 2.07 bits per heavy atom. The lowest BCUT2D eigenvalue weighted by molar-refractivity contribution is 0.340. The molecule has 0 atom stereocenters. The zero-order chi connectivity index (χ0) is 19.6. The lowest BCUT2D eigenvalue weighted by Crippen LogP contribution is -2.22. The molecular weight excluding hydrogens is 334 g/mol. The molecule has 27 heavy (non-hydrogen) atoms. The maximum atomic E-state index is 5.96. The van der Waals surface area contributed by atoms with Gasteiger partial charge in [-0.05, 0) is 68.7 Å². The van der Waals surface area contributed by atoms with Crippen LogP contribution in [-0.4, -0.2) is 26.3 Å². The average molecular weight is 366 g/mol. The summed E-state index contributed by atoms with van der Waals surface area (Å²) in [6.45, 7) is 15.4. The van der Waals surface area contributed by atoms with Crippen LogP contribution in [0.25, 0.3) is 5.57 Å². The predicted octanol–water partition coefficient (Wildman–Crippen LogP) is 5.95. The van der Waals surface area contributed by atoms with Crippen LogP contribution in [0.2, 0.25) is 0 Å². The van der Waals surface area contributed by atoms with Crippen LogP contribution in [0.3, 0.4) is 0 Å². The van der Waals surface area contributed by atoms with E-state index in [9.17, 15) is 0 Å². The molecule has 0 saturated heterocycles. The zero-order valence-corrected chi connectivity index (χ0v) is 17.0. The standard InChI is InChI=1S/C24H31NO2/c1-6-11-22(19-12-15-21(16-13-19)26-9-4)20-14-17-23(25(7-2)8-3)24(18-20)27-10-5/h6,11-18H,1,7-10H2,2-5H3. The number of benzene rings is 2. The number of rotatable bonds is 10. The van der Waals surface area contributed by atoms with Crippen LogP contribution in [0.5, 0.6) is 11.5 Å². The summed E-state index contributed by atoms with van der Waals surface area (Å²) in [6, 6.07) is 14.6. The van der Waals surface area contributed by atoms with Gasteiger partial charge in [-0.15, -0.1) is 0 Å². The van der Waals surface area contributed by atoms with E-state index in [1.807, 2.05) is 38.1 Å². The van der Waals surface area contributed by atoms with Crippen LogP contribution in [0.4, 0.5) is 5.69 Å². The van der Waals surface area contributed by atoms with Gasteiger partial charge in [0.05, 0.1) is 18.9 Å². The van der Waals surface area contributed by atoms with Crippen molar-refractivity contribution in [1.82, 2.24) is 0 Å². The van der Waals surface area contributed by atoms with Crippen LogP contribution in [-0.2, 0) is 0 Å². The van der Waals surface area contributed by atoms with E-state index in [-0.39, 0.29) is 0 Å². The zero-order valence-electron chi connectivity index (χ0n) is 17.0. The Balaban J connectivity index is 2.46. The Hall–Kier alpha value is -2.68. The fourth-order valence-corrected chi connectivity index (χ4v) is 3.15. The molecule has 0 bridgehead atoms. The average Bonchev–Trinajstić information content (AvgIpc) is 2.69. The minimum Gasteiger partial charge on any atom is -0.494 e. The molecular formula is C24H31NO2. The summed E-state index contributed by atoms with van der Waals surface area (Å²) >= 11 is 0. The Morgan fingerprint density at radius 1 is 0.889 bits per heavy atom. The van der Waals surface area contributed by atoms with E-state index in [0.29, 0.717) is 13.2 Å². The van der Waals surface area contributed by atoms with E-state index >= 15 is 0 Å². The number of nitrogens with zero attached hydrogens (tertiary/aromatic N) is 1. The topological polar surface area (TPSA) is 21.7 Å². The first-order valence-electron chi connectivity index (χ1n) is 9.76. The van der Waals surface area contributed by atoms with Gasteiger partial charge in [0.2, 0.25) is 0 Å². The third-order valence-corrected chi connectivity index (χ3v) is 4.44. The minimum absolute atomic E-state index is 0.640. The summed E-state index contributed by atoms with van der Waals surface area (Å²) in [4.78, 5) is 2.31. The van der Waals surface area contributed by atoms with E-state index in [1.165, 1.54) is 0 Å². The van der Waals surface area contributed by atoms with E-state index in [1.54, 1.807) is 0 Å². The highest BCUT2D eigenvalue weighted by Crippen LogP contribution is 2.34. The highest BCUT2D eigenvalue weighted by Gasteiger charge is 2.13. The maximum absolute atomic E-state index is 5.96. The molecule has 2 aromatic rings. The minimum atomic E-state index is 0.640. The first-order chi connectivity index (χ1) is 13.2. The lowest BCUT2D eigenvalue weighted by atomic mass is 9.96. The summed E-state index contributed by atoms with van der Waals surface area (Å²) in [5.41, 5.74) is 4.48. The summed E-state index contributed by atoms with van der Waals surface area (Å²) in [6.07, 6.45) is 3.86. The summed E-state index contributed by atoms with van der Waals surface area (Å²) in [7, 11) is 0. The molecule has 3 nitrogen and oxygen atoms in total. The van der Waals surface area contributed by atoms with Crippen LogP contribution in [0.1, 0.15) is 38.8 Å². The highest BCUT2D eigenvalue weighted by molar-refractivity contribution is 5.83. The molecule has 0 fully saturated rings. The number of hydrogen-bond donors (Lipinski definition) is 0. The molecule has 144 valence electrons. The van der Waals surface area contributed by atoms with Crippen molar-refractivity contribution in [3.63, 3.8) is 0 Å².